The first kappa shape index (κ1) is 24.7. The molecule has 2 aliphatic heterocycles. The van der Waals surface area contributed by atoms with Crippen LogP contribution in [0.25, 0.3) is 11.1 Å². The Morgan fingerprint density at radius 1 is 0.892 bits per heavy atom. The highest BCUT2D eigenvalue weighted by Gasteiger charge is 2.43. The van der Waals surface area contributed by atoms with Crippen molar-refractivity contribution in [2.45, 2.75) is 30.9 Å². The lowest BCUT2D eigenvalue weighted by atomic mass is 9.84. The van der Waals surface area contributed by atoms with E-state index in [2.05, 4.69) is 5.16 Å². The normalized spacial score (nSPS) is 20.2. The standard InChI is InChI=1S/C30H31N3O4/c1-37-31-26-20-27(29(35)32-18-16-30(36,17-19-32)25-10-6-3-7-11-25)33(21-26)28(34)24-14-12-23(13-15-24)22-8-4-2-5-9-22/h2-15,27,36H,16-21H2,1H3/t27-/m0/s1. The number of hydrogen-bond donors (Lipinski definition) is 1. The van der Waals surface area contributed by atoms with Gasteiger partial charge in [-0.15, -0.1) is 0 Å². The third-order valence-corrected chi connectivity index (χ3v) is 7.38. The smallest absolute Gasteiger partial charge is 0.254 e. The largest absolute Gasteiger partial charge is 0.399 e. The van der Waals surface area contributed by atoms with E-state index in [1.807, 2.05) is 72.8 Å². The molecule has 2 amide bonds. The molecule has 3 aromatic rings. The number of nitrogens with zero attached hydrogens (tertiary/aromatic N) is 3. The van der Waals surface area contributed by atoms with E-state index < -0.39 is 11.6 Å². The fourth-order valence-corrected chi connectivity index (χ4v) is 5.28. The van der Waals surface area contributed by atoms with Crippen LogP contribution < -0.4 is 0 Å². The predicted octanol–water partition coefficient (Wildman–Crippen LogP) is 4.08. The Morgan fingerprint density at radius 2 is 1.49 bits per heavy atom. The molecule has 5 rings (SSSR count). The minimum absolute atomic E-state index is 0.120. The van der Waals surface area contributed by atoms with Gasteiger partial charge in [-0.05, 0) is 41.7 Å². The van der Waals surface area contributed by atoms with Crippen LogP contribution in [0.1, 0.15) is 35.2 Å². The number of piperidine rings is 1. The Bertz CT molecular complexity index is 1270. The summed E-state index contributed by atoms with van der Waals surface area (Å²) in [4.78, 5) is 35.5. The summed E-state index contributed by atoms with van der Waals surface area (Å²) in [5, 5.41) is 15.2. The van der Waals surface area contributed by atoms with Crippen molar-refractivity contribution in [3.05, 3.63) is 96.1 Å². The molecule has 7 nitrogen and oxygen atoms in total. The molecule has 3 aromatic carbocycles. The SMILES string of the molecule is CON=C1C[C@@H](C(=O)N2CCC(O)(c3ccccc3)CC2)N(C(=O)c2ccc(-c3ccccc3)cc2)C1. The van der Waals surface area contributed by atoms with E-state index >= 15 is 0 Å². The number of carbonyl (C=O) groups is 2. The van der Waals surface area contributed by atoms with Crippen molar-refractivity contribution < 1.29 is 19.5 Å². The van der Waals surface area contributed by atoms with Gasteiger partial charge in [0.1, 0.15) is 13.2 Å². The summed E-state index contributed by atoms with van der Waals surface area (Å²) in [5.41, 5.74) is 3.19. The fraction of sp³-hybridized carbons (Fsp3) is 0.300. The minimum atomic E-state index is -0.952. The third-order valence-electron chi connectivity index (χ3n) is 7.38. The van der Waals surface area contributed by atoms with Crippen molar-refractivity contribution in [3.63, 3.8) is 0 Å². The minimum Gasteiger partial charge on any atom is -0.399 e. The molecule has 2 saturated heterocycles. The molecule has 7 heteroatoms. The Morgan fingerprint density at radius 3 is 2.11 bits per heavy atom. The number of hydrogen-bond acceptors (Lipinski definition) is 5. The van der Waals surface area contributed by atoms with Crippen LogP contribution >= 0.6 is 0 Å². The van der Waals surface area contributed by atoms with Crippen LogP contribution in [0.15, 0.2) is 90.1 Å². The molecule has 2 fully saturated rings. The number of likely N-dealkylation sites (tertiary alicyclic amines) is 2. The van der Waals surface area contributed by atoms with Gasteiger partial charge >= 0.3 is 0 Å². The zero-order valence-corrected chi connectivity index (χ0v) is 20.9. The van der Waals surface area contributed by atoms with E-state index in [9.17, 15) is 14.7 Å². The molecule has 190 valence electrons. The Balaban J connectivity index is 1.31. The quantitative estimate of drug-likeness (QED) is 0.539. The third kappa shape index (κ3) is 5.13. The van der Waals surface area contributed by atoms with Crippen LogP contribution in [0.4, 0.5) is 0 Å². The van der Waals surface area contributed by atoms with Gasteiger partial charge in [-0.2, -0.15) is 0 Å². The summed E-state index contributed by atoms with van der Waals surface area (Å²) in [6, 6.07) is 26.4. The van der Waals surface area contributed by atoms with Crippen LogP contribution in [0, 0.1) is 0 Å². The second-order valence-electron chi connectivity index (χ2n) is 9.66. The highest BCUT2D eigenvalue weighted by Crippen LogP contribution is 2.33. The highest BCUT2D eigenvalue weighted by molar-refractivity contribution is 6.05. The Labute approximate surface area is 217 Å². The number of amides is 2. The summed E-state index contributed by atoms with van der Waals surface area (Å²) >= 11 is 0. The maximum atomic E-state index is 13.6. The first-order chi connectivity index (χ1) is 18.0. The van der Waals surface area contributed by atoms with Gasteiger partial charge in [0.15, 0.2) is 0 Å². The summed E-state index contributed by atoms with van der Waals surface area (Å²) in [5.74, 6) is -0.331. The second-order valence-corrected chi connectivity index (χ2v) is 9.66. The van der Waals surface area contributed by atoms with Crippen LogP contribution in [-0.4, -0.2) is 65.2 Å². The lowest BCUT2D eigenvalue weighted by Gasteiger charge is -2.40. The number of oxime groups is 1. The first-order valence-corrected chi connectivity index (χ1v) is 12.6. The van der Waals surface area contributed by atoms with E-state index in [0.29, 0.717) is 43.6 Å². The van der Waals surface area contributed by atoms with Crippen molar-refractivity contribution in [3.8, 4) is 11.1 Å². The van der Waals surface area contributed by atoms with Crippen LogP contribution in [0.3, 0.4) is 0 Å². The maximum absolute atomic E-state index is 13.6. The molecule has 0 aromatic heterocycles. The molecule has 0 aliphatic carbocycles. The zero-order chi connectivity index (χ0) is 25.8. The molecule has 37 heavy (non-hydrogen) atoms. The van der Waals surface area contributed by atoms with E-state index in [-0.39, 0.29) is 18.4 Å². The van der Waals surface area contributed by atoms with Crippen LogP contribution in [-0.2, 0) is 15.2 Å². The molecule has 2 aliphatic rings. The Hall–Kier alpha value is -3.97. The Kier molecular flexibility index (Phi) is 7.06. The van der Waals surface area contributed by atoms with Gasteiger partial charge < -0.3 is 19.7 Å². The lowest BCUT2D eigenvalue weighted by molar-refractivity contribution is -0.139. The van der Waals surface area contributed by atoms with Crippen molar-refractivity contribution in [2.24, 2.45) is 5.16 Å². The zero-order valence-electron chi connectivity index (χ0n) is 20.9. The van der Waals surface area contributed by atoms with Gasteiger partial charge in [0.05, 0.1) is 17.9 Å². The van der Waals surface area contributed by atoms with Gasteiger partial charge in [-0.1, -0.05) is 78.0 Å². The van der Waals surface area contributed by atoms with E-state index in [4.69, 9.17) is 4.84 Å². The predicted molar refractivity (Wildman–Crippen MR) is 142 cm³/mol. The van der Waals surface area contributed by atoms with E-state index in [0.717, 1.165) is 16.7 Å². The summed E-state index contributed by atoms with van der Waals surface area (Å²) < 4.78 is 0. The van der Waals surface area contributed by atoms with E-state index in [1.165, 1.54) is 7.11 Å². The second kappa shape index (κ2) is 10.6. The van der Waals surface area contributed by atoms with Gasteiger partial charge in [0, 0.05) is 25.1 Å². The number of rotatable bonds is 5. The maximum Gasteiger partial charge on any atom is 0.254 e. The molecular formula is C30H31N3O4. The monoisotopic (exact) mass is 497 g/mol. The molecule has 0 bridgehead atoms. The summed E-state index contributed by atoms with van der Waals surface area (Å²) in [6.45, 7) is 1.09. The van der Waals surface area contributed by atoms with Gasteiger partial charge in [-0.25, -0.2) is 0 Å². The van der Waals surface area contributed by atoms with E-state index in [1.54, 1.807) is 21.9 Å². The van der Waals surface area contributed by atoms with Crippen LogP contribution in [0.5, 0.6) is 0 Å². The molecule has 1 N–H and O–H groups in total. The average Bonchev–Trinajstić information content (AvgIpc) is 3.38. The topological polar surface area (TPSA) is 82.4 Å². The van der Waals surface area contributed by atoms with Crippen molar-refractivity contribution in [2.75, 3.05) is 26.7 Å². The molecule has 0 spiro atoms. The highest BCUT2D eigenvalue weighted by atomic mass is 16.6. The van der Waals surface area contributed by atoms with Crippen molar-refractivity contribution in [1.82, 2.24) is 9.80 Å². The van der Waals surface area contributed by atoms with Crippen LogP contribution in [0.2, 0.25) is 0 Å². The summed E-state index contributed by atoms with van der Waals surface area (Å²) in [6.07, 6.45) is 1.23. The number of benzene rings is 3. The molecule has 2 heterocycles. The van der Waals surface area contributed by atoms with Crippen molar-refractivity contribution in [1.29, 1.82) is 0 Å². The average molecular weight is 498 g/mol. The molecule has 0 saturated carbocycles. The van der Waals surface area contributed by atoms with Gasteiger partial charge in [0.25, 0.3) is 5.91 Å². The first-order valence-electron chi connectivity index (χ1n) is 12.6. The molecule has 0 radical (unpaired) electrons. The van der Waals surface area contributed by atoms with Crippen molar-refractivity contribution >= 4 is 17.5 Å². The summed E-state index contributed by atoms with van der Waals surface area (Å²) in [7, 11) is 1.46. The number of carbonyl (C=O) groups excluding carboxylic acids is 2. The molecular weight excluding hydrogens is 466 g/mol. The number of aliphatic hydroxyl groups is 1. The van der Waals surface area contributed by atoms with Gasteiger partial charge in [0.2, 0.25) is 5.91 Å². The molecule has 0 unspecified atom stereocenters. The molecule has 1 atom stereocenters. The van der Waals surface area contributed by atoms with Gasteiger partial charge in [-0.3, -0.25) is 9.59 Å². The fourth-order valence-electron chi connectivity index (χ4n) is 5.28. The lowest BCUT2D eigenvalue weighted by Crippen LogP contribution is -2.52.